The monoisotopic (exact) mass is 545 g/mol. The van der Waals surface area contributed by atoms with Gasteiger partial charge >= 0.3 is 0 Å². The molecule has 4 aromatic rings. The first kappa shape index (κ1) is 27.0. The summed E-state index contributed by atoms with van der Waals surface area (Å²) in [6, 6.07) is 22.6. The zero-order valence-electron chi connectivity index (χ0n) is 21.1. The Kier molecular flexibility index (Phi) is 9.18. The van der Waals surface area contributed by atoms with E-state index in [2.05, 4.69) is 15.6 Å². The molecule has 2 amide bonds. The molecule has 0 aliphatic rings. The Labute approximate surface area is 229 Å². The summed E-state index contributed by atoms with van der Waals surface area (Å²) in [4.78, 5) is 30.6. The second-order valence-electron chi connectivity index (χ2n) is 8.12. The Morgan fingerprint density at radius 1 is 0.947 bits per heavy atom. The third kappa shape index (κ3) is 7.24. The highest BCUT2D eigenvalue weighted by Crippen LogP contribution is 2.34. The molecular formula is C29H27N3O4S2. The zero-order valence-corrected chi connectivity index (χ0v) is 22.8. The number of nitrogens with zero attached hydrogens (tertiary/aromatic N) is 1. The topological polar surface area (TPSA) is 89.6 Å². The van der Waals surface area contributed by atoms with Gasteiger partial charge in [-0.05, 0) is 55.0 Å². The van der Waals surface area contributed by atoms with E-state index in [9.17, 15) is 9.59 Å². The van der Waals surface area contributed by atoms with Crippen LogP contribution in [0.25, 0.3) is 17.3 Å². The van der Waals surface area contributed by atoms with Crippen molar-refractivity contribution in [2.45, 2.75) is 17.1 Å². The molecule has 1 aromatic heterocycles. The Morgan fingerprint density at radius 2 is 1.74 bits per heavy atom. The van der Waals surface area contributed by atoms with Crippen LogP contribution >= 0.6 is 23.1 Å². The van der Waals surface area contributed by atoms with Crippen molar-refractivity contribution in [3.05, 3.63) is 89.8 Å². The maximum atomic E-state index is 12.8. The first-order chi connectivity index (χ1) is 18.4. The van der Waals surface area contributed by atoms with Gasteiger partial charge in [-0.3, -0.25) is 9.59 Å². The molecule has 0 radical (unpaired) electrons. The minimum atomic E-state index is -0.382. The van der Waals surface area contributed by atoms with Crippen LogP contribution in [0, 0.1) is 0 Å². The third-order valence-corrected chi connectivity index (χ3v) is 7.28. The van der Waals surface area contributed by atoms with E-state index in [-0.39, 0.29) is 17.1 Å². The predicted molar refractivity (Wildman–Crippen MR) is 155 cm³/mol. The lowest BCUT2D eigenvalue weighted by Crippen LogP contribution is -2.22. The summed E-state index contributed by atoms with van der Waals surface area (Å²) in [5, 5.41) is 7.77. The number of rotatable bonds is 10. The standard InChI is InChI=1S/C29H27N3O4S2/c1-19(28(34)32-29-31-24(18-37-29)21-13-14-25(35-2)26(16-21)36-3)38-23-11-7-10-22(17-23)30-27(33)15-12-20-8-5-4-6-9-20/h4-19H,1-3H3,(H,30,33)(H,31,32,34)/b15-12+. The van der Waals surface area contributed by atoms with Crippen LogP contribution in [0.3, 0.4) is 0 Å². The van der Waals surface area contributed by atoms with Gasteiger partial charge in [0.1, 0.15) is 0 Å². The highest BCUT2D eigenvalue weighted by Gasteiger charge is 2.17. The number of carbonyl (C=O) groups excluding carboxylic acids is 2. The van der Waals surface area contributed by atoms with E-state index < -0.39 is 0 Å². The van der Waals surface area contributed by atoms with Gasteiger partial charge in [0.05, 0.1) is 25.2 Å². The summed E-state index contributed by atoms with van der Waals surface area (Å²) in [5.41, 5.74) is 3.20. The van der Waals surface area contributed by atoms with E-state index in [0.29, 0.717) is 22.3 Å². The lowest BCUT2D eigenvalue weighted by molar-refractivity contribution is -0.115. The maximum Gasteiger partial charge on any atom is 0.248 e. The summed E-state index contributed by atoms with van der Waals surface area (Å²) in [6.45, 7) is 1.83. The fourth-order valence-electron chi connectivity index (χ4n) is 3.49. The molecule has 194 valence electrons. The number of anilines is 2. The quantitative estimate of drug-likeness (QED) is 0.172. The van der Waals surface area contributed by atoms with Crippen molar-refractivity contribution in [2.75, 3.05) is 24.9 Å². The molecule has 2 N–H and O–H groups in total. The number of thiazole rings is 1. The molecular weight excluding hydrogens is 518 g/mol. The second-order valence-corrected chi connectivity index (χ2v) is 10.4. The Morgan fingerprint density at radius 3 is 2.50 bits per heavy atom. The van der Waals surface area contributed by atoms with Gasteiger partial charge in [0.25, 0.3) is 0 Å². The smallest absolute Gasteiger partial charge is 0.248 e. The second kappa shape index (κ2) is 12.9. The van der Waals surface area contributed by atoms with Crippen molar-refractivity contribution < 1.29 is 19.1 Å². The maximum absolute atomic E-state index is 12.8. The van der Waals surface area contributed by atoms with Crippen molar-refractivity contribution in [1.29, 1.82) is 0 Å². The molecule has 0 saturated carbocycles. The lowest BCUT2D eigenvalue weighted by atomic mass is 10.1. The average molecular weight is 546 g/mol. The van der Waals surface area contributed by atoms with Crippen molar-refractivity contribution in [3.8, 4) is 22.8 Å². The highest BCUT2D eigenvalue weighted by atomic mass is 32.2. The molecule has 4 rings (SSSR count). The van der Waals surface area contributed by atoms with Gasteiger partial charge < -0.3 is 20.1 Å². The number of methoxy groups -OCH3 is 2. The van der Waals surface area contributed by atoms with Gasteiger partial charge in [0, 0.05) is 27.6 Å². The molecule has 0 bridgehead atoms. The van der Waals surface area contributed by atoms with E-state index in [1.807, 2.05) is 85.1 Å². The normalized spacial score (nSPS) is 11.7. The van der Waals surface area contributed by atoms with Gasteiger partial charge in [0.15, 0.2) is 16.6 Å². The van der Waals surface area contributed by atoms with Gasteiger partial charge in [-0.15, -0.1) is 23.1 Å². The zero-order chi connectivity index (χ0) is 26.9. The first-order valence-electron chi connectivity index (χ1n) is 11.7. The number of hydrogen-bond acceptors (Lipinski definition) is 7. The van der Waals surface area contributed by atoms with Crippen LogP contribution in [0.4, 0.5) is 10.8 Å². The summed E-state index contributed by atoms with van der Waals surface area (Å²) in [6.07, 6.45) is 3.25. The van der Waals surface area contributed by atoms with Crippen molar-refractivity contribution in [1.82, 2.24) is 4.98 Å². The van der Waals surface area contributed by atoms with Crippen LogP contribution in [-0.4, -0.2) is 36.3 Å². The number of ether oxygens (including phenoxy) is 2. The summed E-state index contributed by atoms with van der Waals surface area (Å²) in [5.74, 6) is 0.858. The molecule has 0 aliphatic carbocycles. The number of aromatic nitrogens is 1. The van der Waals surface area contributed by atoms with Crippen LogP contribution in [0.2, 0.25) is 0 Å². The van der Waals surface area contributed by atoms with Gasteiger partial charge in [-0.2, -0.15) is 0 Å². The van der Waals surface area contributed by atoms with Crippen LogP contribution < -0.4 is 20.1 Å². The van der Waals surface area contributed by atoms with E-state index in [1.54, 1.807) is 20.3 Å². The Balaban J connectivity index is 1.34. The number of amides is 2. The van der Waals surface area contributed by atoms with Crippen LogP contribution in [0.15, 0.2) is 89.1 Å². The molecule has 1 unspecified atom stereocenters. The molecule has 7 nitrogen and oxygen atoms in total. The number of thioether (sulfide) groups is 1. The summed E-state index contributed by atoms with van der Waals surface area (Å²) >= 11 is 2.75. The van der Waals surface area contributed by atoms with E-state index in [4.69, 9.17) is 9.47 Å². The average Bonchev–Trinajstić information content (AvgIpc) is 3.40. The van der Waals surface area contributed by atoms with E-state index in [0.717, 1.165) is 21.7 Å². The molecule has 1 heterocycles. The van der Waals surface area contributed by atoms with E-state index in [1.165, 1.54) is 29.2 Å². The molecule has 0 aliphatic heterocycles. The van der Waals surface area contributed by atoms with Gasteiger partial charge in [0.2, 0.25) is 11.8 Å². The first-order valence-corrected chi connectivity index (χ1v) is 13.5. The van der Waals surface area contributed by atoms with Crippen molar-refractivity contribution in [2.24, 2.45) is 0 Å². The fourth-order valence-corrected chi connectivity index (χ4v) is 5.14. The number of carbonyl (C=O) groups is 2. The number of hydrogen-bond donors (Lipinski definition) is 2. The van der Waals surface area contributed by atoms with Gasteiger partial charge in [-0.25, -0.2) is 4.98 Å². The van der Waals surface area contributed by atoms with Crippen LogP contribution in [-0.2, 0) is 9.59 Å². The Hall–Kier alpha value is -4.08. The lowest BCUT2D eigenvalue weighted by Gasteiger charge is -2.11. The molecule has 0 spiro atoms. The van der Waals surface area contributed by atoms with Crippen LogP contribution in [0.1, 0.15) is 12.5 Å². The largest absolute Gasteiger partial charge is 0.493 e. The highest BCUT2D eigenvalue weighted by molar-refractivity contribution is 8.00. The summed E-state index contributed by atoms with van der Waals surface area (Å²) in [7, 11) is 3.17. The molecule has 0 saturated heterocycles. The SMILES string of the molecule is COc1ccc(-c2csc(NC(=O)C(C)Sc3cccc(NC(=O)/C=C/c4ccccc4)c3)n2)cc1OC. The molecule has 0 fully saturated rings. The summed E-state index contributed by atoms with van der Waals surface area (Å²) < 4.78 is 10.7. The van der Waals surface area contributed by atoms with Gasteiger partial charge in [-0.1, -0.05) is 36.4 Å². The van der Waals surface area contributed by atoms with Crippen molar-refractivity contribution >= 4 is 51.8 Å². The minimum absolute atomic E-state index is 0.163. The Bertz CT molecular complexity index is 1440. The number of nitrogens with one attached hydrogen (secondary N) is 2. The van der Waals surface area contributed by atoms with Crippen LogP contribution in [0.5, 0.6) is 11.5 Å². The minimum Gasteiger partial charge on any atom is -0.493 e. The molecule has 3 aromatic carbocycles. The third-order valence-electron chi connectivity index (χ3n) is 5.42. The fraction of sp³-hybridized carbons (Fsp3) is 0.138. The number of benzene rings is 3. The molecule has 38 heavy (non-hydrogen) atoms. The van der Waals surface area contributed by atoms with Crippen molar-refractivity contribution in [3.63, 3.8) is 0 Å². The predicted octanol–water partition coefficient (Wildman–Crippen LogP) is 6.60. The molecule has 9 heteroatoms. The molecule has 1 atom stereocenters. The van der Waals surface area contributed by atoms with E-state index >= 15 is 0 Å².